The van der Waals surface area contributed by atoms with Gasteiger partial charge in [-0.2, -0.15) is 5.10 Å². The summed E-state index contributed by atoms with van der Waals surface area (Å²) in [5.74, 6) is 1.47. The smallest absolute Gasteiger partial charge is 0.111 e. The topological polar surface area (TPSA) is 35.6 Å². The minimum Gasteiger partial charge on any atom is -0.329 e. The van der Waals surface area contributed by atoms with Gasteiger partial charge in [-0.3, -0.25) is 4.68 Å². The van der Waals surface area contributed by atoms with Gasteiger partial charge in [-0.1, -0.05) is 25.4 Å². The van der Waals surface area contributed by atoms with Crippen molar-refractivity contribution >= 4 is 11.6 Å². The zero-order valence-corrected chi connectivity index (χ0v) is 11.4. The Kier molecular flexibility index (Phi) is 3.24. The highest BCUT2D eigenvalue weighted by molar-refractivity contribution is 6.31. The minimum atomic E-state index is 0.401. The number of hydrogen-bond acceptors (Lipinski definition) is 2. The first kappa shape index (κ1) is 12.2. The highest BCUT2D eigenvalue weighted by atomic mass is 35.5. The lowest BCUT2D eigenvalue weighted by atomic mass is 10.2. The average Bonchev–Trinajstić information content (AvgIpc) is 2.80. The predicted octanol–water partition coefficient (Wildman–Crippen LogP) is 2.75. The fraction of sp³-hybridized carbons (Fsp3) is 0.500. The second kappa shape index (κ2) is 4.53. The Balaban J connectivity index is 2.35. The first-order chi connectivity index (χ1) is 8.00. The summed E-state index contributed by atoms with van der Waals surface area (Å²) in [7, 11) is 1.92. The van der Waals surface area contributed by atoms with Crippen LogP contribution in [0.2, 0.25) is 5.02 Å². The van der Waals surface area contributed by atoms with E-state index in [-0.39, 0.29) is 0 Å². The minimum absolute atomic E-state index is 0.401. The predicted molar refractivity (Wildman–Crippen MR) is 68.4 cm³/mol. The van der Waals surface area contributed by atoms with Gasteiger partial charge >= 0.3 is 0 Å². The Morgan fingerprint density at radius 1 is 1.41 bits per heavy atom. The van der Waals surface area contributed by atoms with Crippen molar-refractivity contribution in [1.82, 2.24) is 19.3 Å². The van der Waals surface area contributed by atoms with Crippen molar-refractivity contribution in [3.05, 3.63) is 34.6 Å². The largest absolute Gasteiger partial charge is 0.329 e. The van der Waals surface area contributed by atoms with Gasteiger partial charge in [-0.15, -0.1) is 0 Å². The molecule has 0 unspecified atom stereocenters. The monoisotopic (exact) mass is 252 g/mol. The van der Waals surface area contributed by atoms with Crippen LogP contribution in [0, 0.1) is 6.92 Å². The van der Waals surface area contributed by atoms with Crippen LogP contribution in [0.4, 0.5) is 0 Å². The van der Waals surface area contributed by atoms with Crippen LogP contribution in [0.15, 0.2) is 12.4 Å². The van der Waals surface area contributed by atoms with E-state index in [1.54, 1.807) is 0 Å². The molecule has 2 aromatic heterocycles. The molecular weight excluding hydrogens is 236 g/mol. The fourth-order valence-electron chi connectivity index (χ4n) is 1.97. The Morgan fingerprint density at radius 2 is 2.12 bits per heavy atom. The van der Waals surface area contributed by atoms with E-state index in [0.29, 0.717) is 12.5 Å². The zero-order chi connectivity index (χ0) is 12.6. The van der Waals surface area contributed by atoms with Crippen molar-refractivity contribution in [2.45, 2.75) is 33.2 Å². The van der Waals surface area contributed by atoms with Crippen LogP contribution >= 0.6 is 11.6 Å². The molecule has 0 radical (unpaired) electrons. The highest BCUT2D eigenvalue weighted by Gasteiger charge is 2.14. The second-order valence-electron chi connectivity index (χ2n) is 4.54. The summed E-state index contributed by atoms with van der Waals surface area (Å²) >= 11 is 6.25. The molecule has 0 fully saturated rings. The average molecular weight is 253 g/mol. The van der Waals surface area contributed by atoms with E-state index < -0.39 is 0 Å². The van der Waals surface area contributed by atoms with Gasteiger partial charge in [0.15, 0.2) is 0 Å². The standard InChI is InChI=1S/C12H17ClN4/c1-8(2)12-14-5-6-17(12)7-10-11(13)9(3)15-16(10)4/h5-6,8H,7H2,1-4H3. The molecule has 0 aliphatic heterocycles. The number of rotatable bonds is 3. The molecule has 0 aliphatic carbocycles. The molecule has 0 saturated heterocycles. The van der Waals surface area contributed by atoms with Crippen LogP contribution in [-0.4, -0.2) is 19.3 Å². The molecule has 0 N–H and O–H groups in total. The summed E-state index contributed by atoms with van der Waals surface area (Å²) in [6.45, 7) is 6.90. The first-order valence-corrected chi connectivity index (χ1v) is 6.07. The Bertz CT molecular complexity index is 525. The van der Waals surface area contributed by atoms with Crippen molar-refractivity contribution in [3.63, 3.8) is 0 Å². The van der Waals surface area contributed by atoms with Crippen LogP contribution in [0.1, 0.15) is 37.0 Å². The molecule has 0 saturated carbocycles. The summed E-state index contributed by atoms with van der Waals surface area (Å²) in [4.78, 5) is 4.37. The maximum atomic E-state index is 6.25. The van der Waals surface area contributed by atoms with Crippen LogP contribution in [0.3, 0.4) is 0 Å². The lowest BCUT2D eigenvalue weighted by molar-refractivity contribution is 0.621. The van der Waals surface area contributed by atoms with Crippen molar-refractivity contribution < 1.29 is 0 Å². The summed E-state index contributed by atoms with van der Waals surface area (Å²) in [5.41, 5.74) is 1.89. The van der Waals surface area contributed by atoms with E-state index in [2.05, 4.69) is 28.5 Å². The fourth-order valence-corrected chi connectivity index (χ4v) is 2.19. The highest BCUT2D eigenvalue weighted by Crippen LogP contribution is 2.22. The quantitative estimate of drug-likeness (QED) is 0.842. The van der Waals surface area contributed by atoms with Gasteiger partial charge in [0, 0.05) is 25.4 Å². The molecule has 0 aliphatic rings. The van der Waals surface area contributed by atoms with E-state index in [0.717, 1.165) is 22.2 Å². The van der Waals surface area contributed by atoms with Crippen LogP contribution < -0.4 is 0 Å². The summed E-state index contributed by atoms with van der Waals surface area (Å²) in [6, 6.07) is 0. The molecule has 92 valence electrons. The van der Waals surface area contributed by atoms with Gasteiger partial charge in [-0.05, 0) is 6.92 Å². The second-order valence-corrected chi connectivity index (χ2v) is 4.92. The Labute approximate surface area is 106 Å². The van der Waals surface area contributed by atoms with E-state index in [4.69, 9.17) is 11.6 Å². The maximum absolute atomic E-state index is 6.25. The lowest BCUT2D eigenvalue weighted by Gasteiger charge is -2.10. The van der Waals surface area contributed by atoms with Crippen molar-refractivity contribution in [3.8, 4) is 0 Å². The first-order valence-electron chi connectivity index (χ1n) is 5.69. The number of aryl methyl sites for hydroxylation is 2. The summed E-state index contributed by atoms with van der Waals surface area (Å²) < 4.78 is 3.95. The molecule has 5 heteroatoms. The number of aromatic nitrogens is 4. The molecule has 0 aromatic carbocycles. The van der Waals surface area contributed by atoms with Crippen molar-refractivity contribution in [2.75, 3.05) is 0 Å². The van der Waals surface area contributed by atoms with Gasteiger partial charge in [0.1, 0.15) is 5.82 Å². The summed E-state index contributed by atoms with van der Waals surface area (Å²) in [5, 5.41) is 5.06. The number of halogens is 1. The third-order valence-electron chi connectivity index (χ3n) is 2.85. The third kappa shape index (κ3) is 2.22. The summed E-state index contributed by atoms with van der Waals surface area (Å²) in [6.07, 6.45) is 3.81. The molecule has 2 rings (SSSR count). The molecule has 0 atom stereocenters. The van der Waals surface area contributed by atoms with Crippen LogP contribution in [-0.2, 0) is 13.6 Å². The molecule has 0 bridgehead atoms. The van der Waals surface area contributed by atoms with Crippen LogP contribution in [0.5, 0.6) is 0 Å². The Morgan fingerprint density at radius 3 is 2.65 bits per heavy atom. The number of hydrogen-bond donors (Lipinski definition) is 0. The van der Waals surface area contributed by atoms with Gasteiger partial charge in [0.05, 0.1) is 23.0 Å². The van der Waals surface area contributed by atoms with E-state index in [1.807, 2.05) is 31.0 Å². The van der Waals surface area contributed by atoms with Crippen molar-refractivity contribution in [1.29, 1.82) is 0 Å². The molecule has 2 heterocycles. The Hall–Kier alpha value is -1.29. The van der Waals surface area contributed by atoms with Gasteiger partial charge in [0.2, 0.25) is 0 Å². The van der Waals surface area contributed by atoms with Crippen molar-refractivity contribution in [2.24, 2.45) is 7.05 Å². The molecule has 2 aromatic rings. The molecule has 0 spiro atoms. The number of nitrogens with zero attached hydrogens (tertiary/aromatic N) is 4. The molecule has 0 amide bonds. The maximum Gasteiger partial charge on any atom is 0.111 e. The van der Waals surface area contributed by atoms with E-state index >= 15 is 0 Å². The lowest BCUT2D eigenvalue weighted by Crippen LogP contribution is -2.09. The number of imidazole rings is 1. The molecule has 17 heavy (non-hydrogen) atoms. The zero-order valence-electron chi connectivity index (χ0n) is 10.6. The van der Waals surface area contributed by atoms with Gasteiger partial charge < -0.3 is 4.57 Å². The molecular formula is C12H17ClN4. The van der Waals surface area contributed by atoms with E-state index in [1.165, 1.54) is 0 Å². The normalized spacial score (nSPS) is 11.4. The van der Waals surface area contributed by atoms with Gasteiger partial charge in [0.25, 0.3) is 0 Å². The van der Waals surface area contributed by atoms with Crippen LogP contribution in [0.25, 0.3) is 0 Å². The SMILES string of the molecule is Cc1nn(C)c(Cn2ccnc2C(C)C)c1Cl. The third-order valence-corrected chi connectivity index (χ3v) is 3.34. The van der Waals surface area contributed by atoms with E-state index in [9.17, 15) is 0 Å². The molecule has 4 nitrogen and oxygen atoms in total. The van der Waals surface area contributed by atoms with Gasteiger partial charge in [-0.25, -0.2) is 4.98 Å².